The van der Waals surface area contributed by atoms with E-state index in [1.54, 1.807) is 6.07 Å². The minimum absolute atomic E-state index is 0.288. The van der Waals surface area contributed by atoms with Gasteiger partial charge in [0, 0.05) is 31.2 Å². The molecule has 0 radical (unpaired) electrons. The third-order valence-electron chi connectivity index (χ3n) is 3.17. The molecular weight excluding hydrogens is 233 g/mol. The summed E-state index contributed by atoms with van der Waals surface area (Å²) in [6.07, 6.45) is 0. The largest absolute Gasteiger partial charge is 0.423 e. The quantitative estimate of drug-likeness (QED) is 0.841. The summed E-state index contributed by atoms with van der Waals surface area (Å²) in [6, 6.07) is 5.77. The third-order valence-corrected chi connectivity index (χ3v) is 3.17. The highest BCUT2D eigenvalue weighted by atomic mass is 19.1. The summed E-state index contributed by atoms with van der Waals surface area (Å²) in [6.45, 7) is 5.95. The van der Waals surface area contributed by atoms with Crippen LogP contribution in [0, 0.1) is 5.82 Å². The van der Waals surface area contributed by atoms with E-state index >= 15 is 0 Å². The molecule has 0 spiro atoms. The number of nitrogens with one attached hydrogen (secondary N) is 1. The van der Waals surface area contributed by atoms with Gasteiger partial charge in [-0.15, -0.1) is 0 Å². The van der Waals surface area contributed by atoms with Crippen molar-refractivity contribution in [2.45, 2.75) is 25.9 Å². The smallest absolute Gasteiger partial charge is 0.298 e. The molecule has 2 atom stereocenters. The number of anilines is 1. The highest BCUT2D eigenvalue weighted by Gasteiger charge is 2.24. The van der Waals surface area contributed by atoms with Crippen molar-refractivity contribution in [1.29, 1.82) is 0 Å². The predicted octanol–water partition coefficient (Wildman–Crippen LogP) is 2.15. The lowest BCUT2D eigenvalue weighted by atomic mass is 10.2. The summed E-state index contributed by atoms with van der Waals surface area (Å²) in [5.74, 6) is -0.288. The fourth-order valence-electron chi connectivity index (χ4n) is 2.51. The Kier molecular flexibility index (Phi) is 2.70. The first-order chi connectivity index (χ1) is 8.61. The molecule has 0 amide bonds. The highest BCUT2D eigenvalue weighted by molar-refractivity contribution is 5.74. The molecule has 0 unspecified atom stereocenters. The van der Waals surface area contributed by atoms with E-state index in [9.17, 15) is 4.39 Å². The number of hydrogen-bond donors (Lipinski definition) is 1. The van der Waals surface area contributed by atoms with Crippen LogP contribution >= 0.6 is 0 Å². The topological polar surface area (TPSA) is 41.3 Å². The number of piperazine rings is 1. The van der Waals surface area contributed by atoms with Crippen molar-refractivity contribution in [3.8, 4) is 0 Å². The van der Waals surface area contributed by atoms with Gasteiger partial charge in [0.05, 0.1) is 0 Å². The van der Waals surface area contributed by atoms with Crippen molar-refractivity contribution < 1.29 is 8.81 Å². The number of rotatable bonds is 1. The van der Waals surface area contributed by atoms with Crippen molar-refractivity contribution in [3.05, 3.63) is 24.0 Å². The van der Waals surface area contributed by atoms with E-state index in [1.165, 1.54) is 12.1 Å². The van der Waals surface area contributed by atoms with E-state index in [-0.39, 0.29) is 5.82 Å². The summed E-state index contributed by atoms with van der Waals surface area (Å²) in [5.41, 5.74) is 1.20. The van der Waals surface area contributed by atoms with E-state index in [0.29, 0.717) is 29.2 Å². The average Bonchev–Trinajstić information content (AvgIpc) is 2.70. The Morgan fingerprint density at radius 2 is 2.06 bits per heavy atom. The molecule has 18 heavy (non-hydrogen) atoms. The molecule has 1 N–H and O–H groups in total. The number of benzene rings is 1. The molecule has 1 aliphatic heterocycles. The Labute approximate surface area is 105 Å². The van der Waals surface area contributed by atoms with Crippen LogP contribution in [0.2, 0.25) is 0 Å². The van der Waals surface area contributed by atoms with E-state index < -0.39 is 0 Å². The molecule has 3 rings (SSSR count). The van der Waals surface area contributed by atoms with Crippen molar-refractivity contribution in [1.82, 2.24) is 10.3 Å². The summed E-state index contributed by atoms with van der Waals surface area (Å²) >= 11 is 0. The number of oxazole rings is 1. The molecule has 4 nitrogen and oxygen atoms in total. The molecule has 0 saturated carbocycles. The van der Waals surface area contributed by atoms with E-state index in [1.807, 2.05) is 0 Å². The van der Waals surface area contributed by atoms with Gasteiger partial charge in [-0.2, -0.15) is 4.98 Å². The minimum Gasteiger partial charge on any atom is -0.423 e. The Morgan fingerprint density at radius 1 is 1.33 bits per heavy atom. The molecule has 1 aromatic carbocycles. The Bertz CT molecular complexity index is 558. The molecular formula is C13H16FN3O. The molecule has 2 aromatic rings. The fourth-order valence-corrected chi connectivity index (χ4v) is 2.51. The van der Waals surface area contributed by atoms with Gasteiger partial charge in [-0.05, 0) is 26.0 Å². The first-order valence-corrected chi connectivity index (χ1v) is 6.19. The van der Waals surface area contributed by atoms with Crippen LogP contribution in [0.25, 0.3) is 11.1 Å². The zero-order valence-corrected chi connectivity index (χ0v) is 10.5. The third kappa shape index (κ3) is 2.06. The molecule has 1 aliphatic rings. The van der Waals surface area contributed by atoms with Gasteiger partial charge in [0.2, 0.25) is 0 Å². The number of nitrogens with zero attached hydrogens (tertiary/aromatic N) is 2. The van der Waals surface area contributed by atoms with Crippen LogP contribution < -0.4 is 10.2 Å². The van der Waals surface area contributed by atoms with Crippen molar-refractivity contribution >= 4 is 17.1 Å². The van der Waals surface area contributed by atoms with Crippen LogP contribution in [0.15, 0.2) is 22.6 Å². The zero-order valence-electron chi connectivity index (χ0n) is 10.5. The summed E-state index contributed by atoms with van der Waals surface area (Å²) in [7, 11) is 0. The van der Waals surface area contributed by atoms with Crippen molar-refractivity contribution in [2.24, 2.45) is 0 Å². The second kappa shape index (κ2) is 4.24. The van der Waals surface area contributed by atoms with Gasteiger partial charge < -0.3 is 14.6 Å². The standard InChI is InChI=1S/C13H16FN3O/c1-8-6-17(7-9(2)15-8)13-16-11-5-10(14)3-4-12(11)18-13/h3-5,8-9,15H,6-7H2,1-2H3/t8-,9+. The van der Waals surface area contributed by atoms with Gasteiger partial charge in [-0.1, -0.05) is 0 Å². The summed E-state index contributed by atoms with van der Waals surface area (Å²) < 4.78 is 18.8. The Morgan fingerprint density at radius 3 is 2.78 bits per heavy atom. The van der Waals surface area contributed by atoms with E-state index in [0.717, 1.165) is 13.1 Å². The number of fused-ring (bicyclic) bond motifs is 1. The van der Waals surface area contributed by atoms with Crippen LogP contribution in [-0.2, 0) is 0 Å². The lowest BCUT2D eigenvalue weighted by molar-refractivity contribution is 0.389. The average molecular weight is 249 g/mol. The second-order valence-electron chi connectivity index (χ2n) is 4.98. The van der Waals surface area contributed by atoms with Gasteiger partial charge in [-0.3, -0.25) is 0 Å². The monoisotopic (exact) mass is 249 g/mol. The van der Waals surface area contributed by atoms with Gasteiger partial charge >= 0.3 is 0 Å². The minimum atomic E-state index is -0.288. The molecule has 1 fully saturated rings. The number of aromatic nitrogens is 1. The summed E-state index contributed by atoms with van der Waals surface area (Å²) in [5, 5.41) is 3.45. The Hall–Kier alpha value is -1.62. The second-order valence-corrected chi connectivity index (χ2v) is 4.98. The van der Waals surface area contributed by atoms with Crippen LogP contribution in [0.1, 0.15) is 13.8 Å². The molecule has 1 saturated heterocycles. The number of halogens is 1. The molecule has 0 aliphatic carbocycles. The molecule has 5 heteroatoms. The van der Waals surface area contributed by atoms with Gasteiger partial charge in [0.15, 0.2) is 5.58 Å². The lowest BCUT2D eigenvalue weighted by Crippen LogP contribution is -2.54. The molecule has 0 bridgehead atoms. The van der Waals surface area contributed by atoms with E-state index in [2.05, 4.69) is 29.0 Å². The van der Waals surface area contributed by atoms with Crippen LogP contribution in [0.3, 0.4) is 0 Å². The van der Waals surface area contributed by atoms with Crippen LogP contribution in [0.4, 0.5) is 10.4 Å². The van der Waals surface area contributed by atoms with Gasteiger partial charge in [0.25, 0.3) is 6.01 Å². The zero-order chi connectivity index (χ0) is 12.7. The number of hydrogen-bond acceptors (Lipinski definition) is 4. The Balaban J connectivity index is 1.93. The molecule has 2 heterocycles. The lowest BCUT2D eigenvalue weighted by Gasteiger charge is -2.35. The molecule has 96 valence electrons. The SMILES string of the molecule is C[C@@H]1CN(c2nc3cc(F)ccc3o2)C[C@H](C)N1. The maximum absolute atomic E-state index is 13.1. The van der Waals surface area contributed by atoms with Crippen molar-refractivity contribution in [3.63, 3.8) is 0 Å². The van der Waals surface area contributed by atoms with Crippen LogP contribution in [-0.4, -0.2) is 30.2 Å². The normalized spacial score (nSPS) is 24.7. The van der Waals surface area contributed by atoms with Crippen LogP contribution in [0.5, 0.6) is 0 Å². The maximum Gasteiger partial charge on any atom is 0.298 e. The van der Waals surface area contributed by atoms with E-state index in [4.69, 9.17) is 4.42 Å². The first kappa shape index (κ1) is 11.5. The fraction of sp³-hybridized carbons (Fsp3) is 0.462. The predicted molar refractivity (Wildman–Crippen MR) is 68.2 cm³/mol. The van der Waals surface area contributed by atoms with Gasteiger partial charge in [-0.25, -0.2) is 4.39 Å². The molecule has 1 aromatic heterocycles. The summed E-state index contributed by atoms with van der Waals surface area (Å²) in [4.78, 5) is 6.46. The first-order valence-electron chi connectivity index (χ1n) is 6.19. The van der Waals surface area contributed by atoms with Crippen molar-refractivity contribution in [2.75, 3.05) is 18.0 Å². The maximum atomic E-state index is 13.1. The highest BCUT2D eigenvalue weighted by Crippen LogP contribution is 2.23. The van der Waals surface area contributed by atoms with Gasteiger partial charge in [0.1, 0.15) is 11.3 Å².